The Morgan fingerprint density at radius 2 is 1.67 bits per heavy atom. The Labute approximate surface area is 128 Å². The third-order valence-corrected chi connectivity index (χ3v) is 3.32. The average molecular weight is 298 g/mol. The summed E-state index contributed by atoms with van der Waals surface area (Å²) in [4.78, 5) is 22.4. The molecular weight excluding hydrogens is 268 g/mol. The van der Waals surface area contributed by atoms with Crippen LogP contribution in [0.3, 0.4) is 0 Å². The van der Waals surface area contributed by atoms with Gasteiger partial charge < -0.3 is 15.7 Å². The molecular formula is C16H30N2O3. The fourth-order valence-electron chi connectivity index (χ4n) is 2.06. The van der Waals surface area contributed by atoms with Gasteiger partial charge in [0.15, 0.2) is 0 Å². The number of carbonyl (C=O) groups is 2. The van der Waals surface area contributed by atoms with Crippen LogP contribution in [-0.4, -0.2) is 29.7 Å². The molecule has 0 saturated heterocycles. The van der Waals surface area contributed by atoms with Crippen molar-refractivity contribution in [2.24, 2.45) is 0 Å². The van der Waals surface area contributed by atoms with Crippen molar-refractivity contribution in [2.75, 3.05) is 6.54 Å². The van der Waals surface area contributed by atoms with E-state index in [1.54, 1.807) is 0 Å². The van der Waals surface area contributed by atoms with Crippen LogP contribution in [-0.2, 0) is 4.79 Å². The van der Waals surface area contributed by atoms with Crippen molar-refractivity contribution < 1.29 is 14.7 Å². The molecule has 0 spiro atoms. The zero-order chi connectivity index (χ0) is 15.9. The summed E-state index contributed by atoms with van der Waals surface area (Å²) >= 11 is 0. The predicted octanol–water partition coefficient (Wildman–Crippen LogP) is 3.46. The lowest BCUT2D eigenvalue weighted by molar-refractivity contribution is -0.139. The summed E-state index contributed by atoms with van der Waals surface area (Å²) < 4.78 is 0. The van der Waals surface area contributed by atoms with Crippen LogP contribution >= 0.6 is 0 Å². The molecule has 0 fully saturated rings. The number of amides is 2. The second-order valence-corrected chi connectivity index (χ2v) is 5.29. The number of urea groups is 1. The second kappa shape index (κ2) is 13.5. The van der Waals surface area contributed by atoms with Crippen molar-refractivity contribution in [2.45, 2.75) is 70.8 Å². The first-order valence-electron chi connectivity index (χ1n) is 7.99. The molecule has 21 heavy (non-hydrogen) atoms. The minimum Gasteiger partial charge on any atom is -0.480 e. The molecule has 0 aliphatic carbocycles. The zero-order valence-corrected chi connectivity index (χ0v) is 13.2. The number of unbranched alkanes of at least 4 members (excludes halogenated alkanes) is 7. The first kappa shape index (κ1) is 19.5. The van der Waals surface area contributed by atoms with E-state index in [0.717, 1.165) is 12.8 Å². The molecule has 0 saturated carbocycles. The van der Waals surface area contributed by atoms with Gasteiger partial charge in [-0.3, -0.25) is 0 Å². The summed E-state index contributed by atoms with van der Waals surface area (Å²) in [6.07, 6.45) is 11.4. The summed E-state index contributed by atoms with van der Waals surface area (Å²) in [5, 5.41) is 14.0. The van der Waals surface area contributed by atoms with Gasteiger partial charge in [-0.25, -0.2) is 9.59 Å². The lowest BCUT2D eigenvalue weighted by Gasteiger charge is -2.13. The molecule has 0 aromatic carbocycles. The summed E-state index contributed by atoms with van der Waals surface area (Å²) in [6.45, 7) is 6.27. The molecule has 5 nitrogen and oxygen atoms in total. The molecule has 0 rings (SSSR count). The van der Waals surface area contributed by atoms with Crippen molar-refractivity contribution in [3.8, 4) is 0 Å². The number of hydrogen-bond donors (Lipinski definition) is 3. The minimum atomic E-state index is -1.04. The summed E-state index contributed by atoms with van der Waals surface area (Å²) in [7, 11) is 0. The molecule has 122 valence electrons. The van der Waals surface area contributed by atoms with Crippen LogP contribution in [0.2, 0.25) is 0 Å². The number of aliphatic carboxylic acids is 1. The molecule has 0 aromatic heterocycles. The van der Waals surface area contributed by atoms with Crippen LogP contribution in [0.25, 0.3) is 0 Å². The standard InChI is InChI=1S/C16H30N2O3/c1-3-5-6-7-8-9-10-11-13-17-16(21)18-14(12-4-2)15(19)20/h4,14H,2-3,5-13H2,1H3,(H,19,20)(H2,17,18,21). The second-order valence-electron chi connectivity index (χ2n) is 5.29. The molecule has 0 heterocycles. The van der Waals surface area contributed by atoms with Gasteiger partial charge in [0.2, 0.25) is 0 Å². The van der Waals surface area contributed by atoms with E-state index in [9.17, 15) is 9.59 Å². The highest BCUT2D eigenvalue weighted by atomic mass is 16.4. The van der Waals surface area contributed by atoms with E-state index in [1.807, 2.05) is 0 Å². The molecule has 2 amide bonds. The van der Waals surface area contributed by atoms with Gasteiger partial charge in [-0.2, -0.15) is 0 Å². The predicted molar refractivity (Wildman–Crippen MR) is 85.4 cm³/mol. The number of nitrogens with one attached hydrogen (secondary N) is 2. The average Bonchev–Trinajstić information content (AvgIpc) is 2.45. The van der Waals surface area contributed by atoms with E-state index in [4.69, 9.17) is 5.11 Å². The quantitative estimate of drug-likeness (QED) is 0.360. The van der Waals surface area contributed by atoms with Gasteiger partial charge in [-0.15, -0.1) is 6.58 Å². The topological polar surface area (TPSA) is 78.4 Å². The van der Waals surface area contributed by atoms with Crippen molar-refractivity contribution >= 4 is 12.0 Å². The largest absolute Gasteiger partial charge is 0.480 e. The number of hydrogen-bond acceptors (Lipinski definition) is 2. The molecule has 1 atom stereocenters. The summed E-state index contributed by atoms with van der Waals surface area (Å²) in [5.74, 6) is -1.04. The van der Waals surface area contributed by atoms with Gasteiger partial charge in [-0.1, -0.05) is 57.9 Å². The number of carboxylic acids is 1. The smallest absolute Gasteiger partial charge is 0.326 e. The highest BCUT2D eigenvalue weighted by Crippen LogP contribution is 2.07. The minimum absolute atomic E-state index is 0.223. The summed E-state index contributed by atoms with van der Waals surface area (Å²) in [5.41, 5.74) is 0. The fourth-order valence-corrected chi connectivity index (χ4v) is 2.06. The van der Waals surface area contributed by atoms with Crippen LogP contribution in [0.5, 0.6) is 0 Å². The van der Waals surface area contributed by atoms with Gasteiger partial charge in [0, 0.05) is 6.54 Å². The van der Waals surface area contributed by atoms with Crippen molar-refractivity contribution in [3.63, 3.8) is 0 Å². The normalized spacial score (nSPS) is 11.7. The van der Waals surface area contributed by atoms with E-state index in [1.165, 1.54) is 44.6 Å². The van der Waals surface area contributed by atoms with Gasteiger partial charge in [-0.05, 0) is 12.8 Å². The first-order valence-corrected chi connectivity index (χ1v) is 7.99. The van der Waals surface area contributed by atoms with E-state index >= 15 is 0 Å². The lowest BCUT2D eigenvalue weighted by atomic mass is 10.1. The summed E-state index contributed by atoms with van der Waals surface area (Å²) in [6, 6.07) is -1.33. The van der Waals surface area contributed by atoms with Gasteiger partial charge >= 0.3 is 12.0 Å². The molecule has 0 bridgehead atoms. The first-order chi connectivity index (χ1) is 10.1. The molecule has 0 radical (unpaired) electrons. The molecule has 1 unspecified atom stereocenters. The highest BCUT2D eigenvalue weighted by molar-refractivity contribution is 5.82. The lowest BCUT2D eigenvalue weighted by Crippen LogP contribution is -2.45. The Morgan fingerprint density at radius 1 is 1.10 bits per heavy atom. The van der Waals surface area contributed by atoms with Crippen LogP contribution in [0.4, 0.5) is 4.79 Å². The Balaban J connectivity index is 3.52. The van der Waals surface area contributed by atoms with Crippen LogP contribution in [0, 0.1) is 0 Å². The highest BCUT2D eigenvalue weighted by Gasteiger charge is 2.17. The van der Waals surface area contributed by atoms with E-state index in [2.05, 4.69) is 24.1 Å². The Morgan fingerprint density at radius 3 is 2.19 bits per heavy atom. The molecule has 5 heteroatoms. The number of carboxylic acid groups (broad SMARTS) is 1. The Kier molecular flexibility index (Phi) is 12.5. The molecule has 0 aliphatic rings. The maximum Gasteiger partial charge on any atom is 0.326 e. The third kappa shape index (κ3) is 12.0. The van der Waals surface area contributed by atoms with Crippen LogP contribution in [0.1, 0.15) is 64.7 Å². The number of rotatable bonds is 13. The fraction of sp³-hybridized carbons (Fsp3) is 0.750. The van der Waals surface area contributed by atoms with E-state index in [-0.39, 0.29) is 6.42 Å². The van der Waals surface area contributed by atoms with Crippen molar-refractivity contribution in [1.82, 2.24) is 10.6 Å². The molecule has 0 aliphatic heterocycles. The van der Waals surface area contributed by atoms with Gasteiger partial charge in [0.1, 0.15) is 6.04 Å². The Bertz CT molecular complexity index is 306. The van der Waals surface area contributed by atoms with Gasteiger partial charge in [0.05, 0.1) is 0 Å². The molecule has 3 N–H and O–H groups in total. The van der Waals surface area contributed by atoms with Crippen molar-refractivity contribution in [1.29, 1.82) is 0 Å². The van der Waals surface area contributed by atoms with Crippen LogP contribution in [0.15, 0.2) is 12.7 Å². The van der Waals surface area contributed by atoms with Crippen molar-refractivity contribution in [3.05, 3.63) is 12.7 Å². The SMILES string of the molecule is C=CCC(NC(=O)NCCCCCCCCCC)C(=O)O. The van der Waals surface area contributed by atoms with E-state index in [0.29, 0.717) is 6.54 Å². The number of carbonyl (C=O) groups excluding carboxylic acids is 1. The monoisotopic (exact) mass is 298 g/mol. The van der Waals surface area contributed by atoms with Gasteiger partial charge in [0.25, 0.3) is 0 Å². The zero-order valence-electron chi connectivity index (χ0n) is 13.2. The third-order valence-electron chi connectivity index (χ3n) is 3.32. The molecule has 0 aromatic rings. The maximum absolute atomic E-state index is 11.5. The maximum atomic E-state index is 11.5. The Hall–Kier alpha value is -1.52. The van der Waals surface area contributed by atoms with Crippen LogP contribution < -0.4 is 10.6 Å². The van der Waals surface area contributed by atoms with E-state index < -0.39 is 18.0 Å².